The van der Waals surface area contributed by atoms with Gasteiger partial charge in [-0.25, -0.2) is 4.79 Å². The molecule has 0 aliphatic rings. The van der Waals surface area contributed by atoms with E-state index in [1.165, 1.54) is 0 Å². The van der Waals surface area contributed by atoms with Crippen LogP contribution in [-0.4, -0.2) is 16.9 Å². The zero-order valence-corrected chi connectivity index (χ0v) is 11.7. The maximum Gasteiger partial charge on any atom is 0.373 e. The zero-order chi connectivity index (χ0) is 12.7. The lowest BCUT2D eigenvalue weighted by Crippen LogP contribution is -2.26. The van der Waals surface area contributed by atoms with Gasteiger partial charge in [0, 0.05) is 5.33 Å². The summed E-state index contributed by atoms with van der Waals surface area (Å²) in [4.78, 5) is 21.6. The number of alkyl halides is 1. The van der Waals surface area contributed by atoms with Crippen LogP contribution in [-0.2, 0) is 9.78 Å². The number of hydrogen-bond acceptors (Lipinski definition) is 3. The van der Waals surface area contributed by atoms with Crippen LogP contribution in [0.15, 0.2) is 30.3 Å². The van der Waals surface area contributed by atoms with Crippen LogP contribution in [0.2, 0.25) is 0 Å². The van der Waals surface area contributed by atoms with Crippen molar-refractivity contribution >= 4 is 21.9 Å². The van der Waals surface area contributed by atoms with Crippen molar-refractivity contribution in [2.75, 3.05) is 5.33 Å². The van der Waals surface area contributed by atoms with Gasteiger partial charge in [-0.15, -0.1) is 0 Å². The number of hydrogen-bond donors (Lipinski definition) is 0. The van der Waals surface area contributed by atoms with Crippen LogP contribution in [0.25, 0.3) is 0 Å². The van der Waals surface area contributed by atoms with Crippen molar-refractivity contribution in [2.45, 2.75) is 32.3 Å². The molecule has 0 heterocycles. The van der Waals surface area contributed by atoms with E-state index in [0.717, 1.165) is 18.2 Å². The van der Waals surface area contributed by atoms with Gasteiger partial charge in [0.1, 0.15) is 5.60 Å². The molecular weight excluding hydrogens is 284 g/mol. The Morgan fingerprint density at radius 3 is 2.53 bits per heavy atom. The molecule has 0 amide bonds. The number of benzene rings is 1. The maximum atomic E-state index is 11.6. The number of carbonyl (C=O) groups excluding carboxylic acids is 1. The number of halogens is 1. The average Bonchev–Trinajstić information content (AvgIpc) is 2.35. The first kappa shape index (κ1) is 14.2. The molecule has 0 saturated carbocycles. The summed E-state index contributed by atoms with van der Waals surface area (Å²) in [5.41, 5.74) is 0.0295. The third-order valence-corrected chi connectivity index (χ3v) is 2.83. The van der Waals surface area contributed by atoms with Crippen molar-refractivity contribution in [2.24, 2.45) is 0 Å². The van der Waals surface area contributed by atoms with Gasteiger partial charge in [0.2, 0.25) is 0 Å². The standard InChI is InChI=1S/C13H17BrO3/c1-13(2,9-6-10-14)17-16-12(15)11-7-4-3-5-8-11/h3-5,7-8H,6,9-10H2,1-2H3. The Hall–Kier alpha value is -0.870. The number of rotatable bonds is 6. The van der Waals surface area contributed by atoms with E-state index in [0.29, 0.717) is 5.56 Å². The van der Waals surface area contributed by atoms with E-state index in [1.807, 2.05) is 19.9 Å². The highest BCUT2D eigenvalue weighted by molar-refractivity contribution is 9.09. The van der Waals surface area contributed by atoms with E-state index in [4.69, 9.17) is 9.78 Å². The summed E-state index contributed by atoms with van der Waals surface area (Å²) in [5, 5.41) is 0.909. The average molecular weight is 301 g/mol. The molecule has 17 heavy (non-hydrogen) atoms. The molecule has 0 aromatic heterocycles. The van der Waals surface area contributed by atoms with E-state index in [-0.39, 0.29) is 0 Å². The maximum absolute atomic E-state index is 11.6. The van der Waals surface area contributed by atoms with Crippen molar-refractivity contribution in [3.05, 3.63) is 35.9 Å². The molecule has 0 aliphatic heterocycles. The first-order valence-electron chi connectivity index (χ1n) is 5.56. The van der Waals surface area contributed by atoms with E-state index in [2.05, 4.69) is 15.9 Å². The molecule has 0 spiro atoms. The summed E-state index contributed by atoms with van der Waals surface area (Å²) < 4.78 is 0. The summed E-state index contributed by atoms with van der Waals surface area (Å²) in [6.45, 7) is 3.79. The van der Waals surface area contributed by atoms with Crippen LogP contribution in [0.3, 0.4) is 0 Å². The summed E-state index contributed by atoms with van der Waals surface area (Å²) in [6, 6.07) is 8.80. The van der Waals surface area contributed by atoms with Gasteiger partial charge >= 0.3 is 5.97 Å². The van der Waals surface area contributed by atoms with Crippen LogP contribution >= 0.6 is 15.9 Å². The molecular formula is C13H17BrO3. The van der Waals surface area contributed by atoms with Gasteiger partial charge < -0.3 is 0 Å². The normalized spacial score (nSPS) is 11.2. The third-order valence-electron chi connectivity index (χ3n) is 2.26. The lowest BCUT2D eigenvalue weighted by Gasteiger charge is -2.22. The van der Waals surface area contributed by atoms with Crippen LogP contribution in [0.5, 0.6) is 0 Å². The van der Waals surface area contributed by atoms with E-state index >= 15 is 0 Å². The van der Waals surface area contributed by atoms with Crippen LogP contribution < -0.4 is 0 Å². The molecule has 4 heteroatoms. The molecule has 3 nitrogen and oxygen atoms in total. The predicted octanol–water partition coefficient (Wildman–Crippen LogP) is 3.73. The molecule has 0 atom stereocenters. The van der Waals surface area contributed by atoms with E-state index in [9.17, 15) is 4.79 Å². The largest absolute Gasteiger partial charge is 0.373 e. The molecule has 0 saturated heterocycles. The highest BCUT2D eigenvalue weighted by atomic mass is 79.9. The second-order valence-corrected chi connectivity index (χ2v) is 5.17. The van der Waals surface area contributed by atoms with Gasteiger partial charge in [-0.3, -0.25) is 4.89 Å². The molecule has 0 aliphatic carbocycles. The summed E-state index contributed by atoms with van der Waals surface area (Å²) in [7, 11) is 0. The Kier molecular flexibility index (Phi) is 5.65. The van der Waals surface area contributed by atoms with Gasteiger partial charge in [-0.05, 0) is 38.8 Å². The minimum atomic E-state index is -0.461. The van der Waals surface area contributed by atoms with Crippen LogP contribution in [0.4, 0.5) is 0 Å². The highest BCUT2D eigenvalue weighted by Crippen LogP contribution is 2.18. The minimum Gasteiger partial charge on any atom is -0.292 e. The summed E-state index contributed by atoms with van der Waals surface area (Å²) in [6.07, 6.45) is 1.79. The van der Waals surface area contributed by atoms with Crippen LogP contribution in [0, 0.1) is 0 Å². The first-order valence-corrected chi connectivity index (χ1v) is 6.68. The van der Waals surface area contributed by atoms with Gasteiger partial charge in [-0.1, -0.05) is 34.1 Å². The molecule has 1 rings (SSSR count). The molecule has 1 aromatic carbocycles. The van der Waals surface area contributed by atoms with Crippen molar-refractivity contribution in [1.82, 2.24) is 0 Å². The Morgan fingerprint density at radius 2 is 1.94 bits per heavy atom. The third kappa shape index (κ3) is 5.33. The van der Waals surface area contributed by atoms with Gasteiger partial charge in [-0.2, -0.15) is 4.89 Å². The van der Waals surface area contributed by atoms with Crippen LogP contribution in [0.1, 0.15) is 37.0 Å². The fourth-order valence-corrected chi connectivity index (χ4v) is 1.59. The Labute approximate surface area is 110 Å². The number of carbonyl (C=O) groups is 1. The lowest BCUT2D eigenvalue weighted by molar-refractivity contribution is -0.308. The molecule has 0 radical (unpaired) electrons. The quantitative estimate of drug-likeness (QED) is 0.456. The summed E-state index contributed by atoms with van der Waals surface area (Å²) in [5.74, 6) is -0.461. The molecule has 94 valence electrons. The van der Waals surface area contributed by atoms with Crippen molar-refractivity contribution in [1.29, 1.82) is 0 Å². The SMILES string of the molecule is CC(C)(CCCBr)OOC(=O)c1ccccc1. The fraction of sp³-hybridized carbons (Fsp3) is 0.462. The Balaban J connectivity index is 2.43. The predicted molar refractivity (Wildman–Crippen MR) is 70.0 cm³/mol. The first-order chi connectivity index (χ1) is 8.05. The molecule has 0 unspecified atom stereocenters. The van der Waals surface area contributed by atoms with Gasteiger partial charge in [0.15, 0.2) is 0 Å². The fourth-order valence-electron chi connectivity index (χ4n) is 1.31. The Bertz CT molecular complexity index is 349. The summed E-state index contributed by atoms with van der Waals surface area (Å²) >= 11 is 3.36. The minimum absolute atomic E-state index is 0.460. The highest BCUT2D eigenvalue weighted by Gasteiger charge is 2.22. The lowest BCUT2D eigenvalue weighted by atomic mass is 10.0. The molecule has 0 N–H and O–H groups in total. The second kappa shape index (κ2) is 6.77. The Morgan fingerprint density at radius 1 is 1.29 bits per heavy atom. The van der Waals surface area contributed by atoms with E-state index in [1.54, 1.807) is 24.3 Å². The molecule has 0 bridgehead atoms. The monoisotopic (exact) mass is 300 g/mol. The topological polar surface area (TPSA) is 35.5 Å². The molecule has 1 aromatic rings. The van der Waals surface area contributed by atoms with E-state index < -0.39 is 11.6 Å². The molecule has 0 fully saturated rings. The van der Waals surface area contributed by atoms with Crippen molar-refractivity contribution < 1.29 is 14.6 Å². The van der Waals surface area contributed by atoms with Gasteiger partial charge in [0.05, 0.1) is 5.56 Å². The van der Waals surface area contributed by atoms with Gasteiger partial charge in [0.25, 0.3) is 0 Å². The zero-order valence-electron chi connectivity index (χ0n) is 10.1. The van der Waals surface area contributed by atoms with Crippen molar-refractivity contribution in [3.63, 3.8) is 0 Å². The second-order valence-electron chi connectivity index (χ2n) is 4.37. The smallest absolute Gasteiger partial charge is 0.292 e. The van der Waals surface area contributed by atoms with Crippen molar-refractivity contribution in [3.8, 4) is 0 Å².